The van der Waals surface area contributed by atoms with Gasteiger partial charge in [-0.15, -0.1) is 0 Å². The maximum atomic E-state index is 13.5. The van der Waals surface area contributed by atoms with Crippen LogP contribution in [0.15, 0.2) is 16.5 Å². The van der Waals surface area contributed by atoms with E-state index in [1.54, 1.807) is 11.8 Å². The van der Waals surface area contributed by atoms with Crippen LogP contribution in [-0.4, -0.2) is 71.6 Å². The van der Waals surface area contributed by atoms with Crippen LogP contribution >= 0.6 is 0 Å². The average molecular weight is 389 g/mol. The Morgan fingerprint density at radius 3 is 2.64 bits per heavy atom. The molecule has 0 aliphatic carbocycles. The summed E-state index contributed by atoms with van der Waals surface area (Å²) in [5.74, 6) is 1.59. The van der Waals surface area contributed by atoms with E-state index in [0.29, 0.717) is 31.5 Å². The molecular weight excluding hydrogens is 358 g/mol. The van der Waals surface area contributed by atoms with Crippen molar-refractivity contribution in [1.29, 1.82) is 0 Å². The second-order valence-corrected chi connectivity index (χ2v) is 8.29. The summed E-state index contributed by atoms with van der Waals surface area (Å²) in [6.45, 7) is 5.49. The lowest BCUT2D eigenvalue weighted by Gasteiger charge is -2.33. The minimum atomic E-state index is -0.476. The molecule has 2 bridgehead atoms. The van der Waals surface area contributed by atoms with Crippen molar-refractivity contribution in [2.75, 3.05) is 26.7 Å². The first kappa shape index (κ1) is 19.3. The van der Waals surface area contributed by atoms with Crippen LogP contribution in [0.3, 0.4) is 0 Å². The normalized spacial score (nSPS) is 30.5. The Hall–Kier alpha value is -2.02. The Bertz CT molecular complexity index is 733. The number of ether oxygens (including phenoxy) is 1. The van der Waals surface area contributed by atoms with Gasteiger partial charge in [-0.1, -0.05) is 0 Å². The van der Waals surface area contributed by atoms with Gasteiger partial charge in [-0.25, -0.2) is 4.79 Å². The molecule has 3 aliphatic rings. The summed E-state index contributed by atoms with van der Waals surface area (Å²) in [6, 6.07) is 4.08. The molecule has 7 nitrogen and oxygen atoms in total. The van der Waals surface area contributed by atoms with Gasteiger partial charge >= 0.3 is 6.09 Å². The number of fused-ring (bicyclic) bond motifs is 2. The van der Waals surface area contributed by atoms with Gasteiger partial charge in [0.05, 0.1) is 12.6 Å². The molecule has 1 aromatic rings. The van der Waals surface area contributed by atoms with Crippen LogP contribution in [0.25, 0.3) is 0 Å². The van der Waals surface area contributed by atoms with Crippen LogP contribution in [0, 0.1) is 6.92 Å². The molecule has 4 heterocycles. The molecule has 0 aromatic carbocycles. The number of carbonyl (C=O) groups excluding carboxylic acids is 2. The summed E-state index contributed by atoms with van der Waals surface area (Å²) < 4.78 is 11.1. The fraction of sp³-hybridized carbons (Fsp3) is 0.714. The van der Waals surface area contributed by atoms with Crippen molar-refractivity contribution in [1.82, 2.24) is 14.7 Å². The summed E-state index contributed by atoms with van der Waals surface area (Å²) in [4.78, 5) is 32.3. The molecule has 3 aliphatic heterocycles. The van der Waals surface area contributed by atoms with Crippen molar-refractivity contribution in [3.63, 3.8) is 0 Å². The molecule has 7 heteroatoms. The average Bonchev–Trinajstić information content (AvgIpc) is 3.33. The maximum absolute atomic E-state index is 13.5. The Morgan fingerprint density at radius 2 is 1.93 bits per heavy atom. The lowest BCUT2D eigenvalue weighted by molar-refractivity contribution is -0.136. The molecule has 4 atom stereocenters. The summed E-state index contributed by atoms with van der Waals surface area (Å²) in [6.07, 6.45) is 4.30. The lowest BCUT2D eigenvalue weighted by atomic mass is 10.1. The summed E-state index contributed by atoms with van der Waals surface area (Å²) in [5, 5.41) is 0. The predicted octanol–water partition coefficient (Wildman–Crippen LogP) is 2.95. The first-order valence-corrected chi connectivity index (χ1v) is 10.5. The summed E-state index contributed by atoms with van der Waals surface area (Å²) >= 11 is 0. The number of hydrogen-bond acceptors (Lipinski definition) is 5. The van der Waals surface area contributed by atoms with Crippen molar-refractivity contribution in [2.45, 2.75) is 70.1 Å². The molecule has 0 saturated carbocycles. The molecule has 0 radical (unpaired) electrons. The maximum Gasteiger partial charge on any atom is 0.411 e. The van der Waals surface area contributed by atoms with Crippen LogP contribution in [-0.2, 0) is 9.53 Å². The highest BCUT2D eigenvalue weighted by Gasteiger charge is 2.46. The van der Waals surface area contributed by atoms with E-state index in [4.69, 9.17) is 9.15 Å². The molecule has 2 amide bonds. The van der Waals surface area contributed by atoms with Crippen LogP contribution in [0.5, 0.6) is 0 Å². The minimum Gasteiger partial charge on any atom is -0.464 e. The van der Waals surface area contributed by atoms with Gasteiger partial charge < -0.3 is 14.1 Å². The number of furan rings is 1. The number of nitrogens with zero attached hydrogens (tertiary/aromatic N) is 3. The fourth-order valence-electron chi connectivity index (χ4n) is 5.14. The molecule has 3 saturated heterocycles. The van der Waals surface area contributed by atoms with Crippen LogP contribution in [0.2, 0.25) is 0 Å². The molecule has 28 heavy (non-hydrogen) atoms. The lowest BCUT2D eigenvalue weighted by Crippen LogP contribution is -2.50. The molecule has 4 rings (SSSR count). The van der Waals surface area contributed by atoms with Gasteiger partial charge in [-0.3, -0.25) is 14.6 Å². The van der Waals surface area contributed by atoms with E-state index in [1.165, 1.54) is 6.42 Å². The van der Waals surface area contributed by atoms with Crippen molar-refractivity contribution in [2.24, 2.45) is 0 Å². The van der Waals surface area contributed by atoms with Crippen molar-refractivity contribution in [3.8, 4) is 0 Å². The van der Waals surface area contributed by atoms with E-state index in [2.05, 4.69) is 11.9 Å². The van der Waals surface area contributed by atoms with Gasteiger partial charge in [-0.05, 0) is 65.1 Å². The molecule has 154 valence electrons. The molecule has 0 unspecified atom stereocenters. The smallest absolute Gasteiger partial charge is 0.411 e. The molecule has 0 N–H and O–H groups in total. The second-order valence-electron chi connectivity index (χ2n) is 8.29. The van der Waals surface area contributed by atoms with E-state index in [1.807, 2.05) is 24.0 Å². The van der Waals surface area contributed by atoms with Gasteiger partial charge in [0.1, 0.15) is 17.6 Å². The highest BCUT2D eigenvalue weighted by molar-refractivity contribution is 5.86. The predicted molar refractivity (Wildman–Crippen MR) is 104 cm³/mol. The van der Waals surface area contributed by atoms with E-state index in [-0.39, 0.29) is 11.9 Å². The molecule has 0 spiro atoms. The monoisotopic (exact) mass is 389 g/mol. The third-order valence-corrected chi connectivity index (χ3v) is 6.70. The first-order chi connectivity index (χ1) is 13.5. The number of aryl methyl sites for hydroxylation is 1. The number of rotatable bonds is 3. The van der Waals surface area contributed by atoms with E-state index < -0.39 is 12.1 Å². The van der Waals surface area contributed by atoms with E-state index >= 15 is 0 Å². The number of amides is 2. The fourth-order valence-corrected chi connectivity index (χ4v) is 5.14. The quantitative estimate of drug-likeness (QED) is 0.795. The van der Waals surface area contributed by atoms with Crippen molar-refractivity contribution >= 4 is 12.0 Å². The number of hydrogen-bond donors (Lipinski definition) is 0. The van der Waals surface area contributed by atoms with Crippen LogP contribution < -0.4 is 0 Å². The number of likely N-dealkylation sites (N-methyl/N-ethyl adjacent to an activating group) is 1. The largest absolute Gasteiger partial charge is 0.464 e. The molecule has 1 aromatic heterocycles. The Kier molecular flexibility index (Phi) is 5.36. The van der Waals surface area contributed by atoms with Crippen molar-refractivity contribution in [3.05, 3.63) is 23.7 Å². The zero-order chi connectivity index (χ0) is 19.8. The SMILES string of the molecule is CCOC(=O)N1[C@H](C(=O)N2CC[C@H]3CC[C@@H](C2)N3C)CC[C@H]1c1ccc(C)o1. The van der Waals surface area contributed by atoms with Crippen molar-refractivity contribution < 1.29 is 18.7 Å². The first-order valence-electron chi connectivity index (χ1n) is 10.5. The topological polar surface area (TPSA) is 66.2 Å². The highest BCUT2D eigenvalue weighted by atomic mass is 16.6. The zero-order valence-corrected chi connectivity index (χ0v) is 17.1. The third kappa shape index (κ3) is 3.41. The standard InChI is InChI=1S/C21H31N3O4/c1-4-27-21(26)24-17(19-10-5-14(2)28-19)8-9-18(24)20(25)23-12-11-15-6-7-16(13-23)22(15)3/h5,10,15-18H,4,6-9,11-13H2,1-3H3/t15-,16+,17+,18+/m1/s1. The molecular formula is C21H31N3O4. The van der Waals surface area contributed by atoms with Gasteiger partial charge in [0, 0.05) is 25.2 Å². The van der Waals surface area contributed by atoms with Gasteiger partial charge in [0.2, 0.25) is 5.91 Å². The number of likely N-dealkylation sites (tertiary alicyclic amines) is 2. The summed E-state index contributed by atoms with van der Waals surface area (Å²) in [5.41, 5.74) is 0. The Balaban J connectivity index is 1.55. The second kappa shape index (κ2) is 7.78. The minimum absolute atomic E-state index is 0.0554. The van der Waals surface area contributed by atoms with Gasteiger partial charge in [0.15, 0.2) is 0 Å². The molecule has 3 fully saturated rings. The van der Waals surface area contributed by atoms with Crippen LogP contribution in [0.4, 0.5) is 4.79 Å². The Labute approximate surface area is 166 Å². The van der Waals surface area contributed by atoms with Gasteiger partial charge in [0.25, 0.3) is 0 Å². The van der Waals surface area contributed by atoms with E-state index in [9.17, 15) is 9.59 Å². The van der Waals surface area contributed by atoms with Crippen LogP contribution in [0.1, 0.15) is 56.6 Å². The van der Waals surface area contributed by atoms with Gasteiger partial charge in [-0.2, -0.15) is 0 Å². The highest BCUT2D eigenvalue weighted by Crippen LogP contribution is 2.39. The third-order valence-electron chi connectivity index (χ3n) is 6.70. The zero-order valence-electron chi connectivity index (χ0n) is 17.1. The van der Waals surface area contributed by atoms with E-state index in [0.717, 1.165) is 37.5 Å². The number of carbonyl (C=O) groups is 2. The summed E-state index contributed by atoms with van der Waals surface area (Å²) in [7, 11) is 2.17. The Morgan fingerprint density at radius 1 is 1.14 bits per heavy atom.